The quantitative estimate of drug-likeness (QED) is 0.479. The van der Waals surface area contributed by atoms with E-state index in [1.54, 1.807) is 0 Å². The first-order valence-corrected chi connectivity index (χ1v) is 7.69. The molecule has 1 aromatic carbocycles. The fourth-order valence-electron chi connectivity index (χ4n) is 2.33. The largest absolute Gasteiger partial charge is 0.368 e. The molecule has 0 radical (unpaired) electrons. The van der Waals surface area contributed by atoms with Gasteiger partial charge in [-0.3, -0.25) is 10.5 Å². The highest BCUT2D eigenvalue weighted by atomic mass is 16.3. The minimum absolute atomic E-state index is 0.0398. The normalized spacial score (nSPS) is 15.7. The molecular formula is C17H28N2O2. The number of hydrogen-bond donors (Lipinski definition) is 3. The van der Waals surface area contributed by atoms with Gasteiger partial charge < -0.3 is 10.8 Å². The van der Waals surface area contributed by atoms with E-state index in [0.717, 1.165) is 25.7 Å². The van der Waals surface area contributed by atoms with Gasteiger partial charge in [0.1, 0.15) is 0 Å². The predicted molar refractivity (Wildman–Crippen MR) is 85.6 cm³/mol. The van der Waals surface area contributed by atoms with Crippen molar-refractivity contribution in [1.29, 1.82) is 0 Å². The van der Waals surface area contributed by atoms with Crippen LogP contribution in [0.25, 0.3) is 0 Å². The number of Topliss-reactive ketones (excluding diaryl/α,β-unsaturated/α-hetero) is 1. The van der Waals surface area contributed by atoms with Crippen LogP contribution in [0.4, 0.5) is 0 Å². The summed E-state index contributed by atoms with van der Waals surface area (Å²) in [5.74, 6) is -0.398. The lowest BCUT2D eigenvalue weighted by Gasteiger charge is -2.31. The molecule has 118 valence electrons. The van der Waals surface area contributed by atoms with E-state index in [9.17, 15) is 9.90 Å². The van der Waals surface area contributed by atoms with Gasteiger partial charge in [0, 0.05) is 6.42 Å². The summed E-state index contributed by atoms with van der Waals surface area (Å²) in [7, 11) is 0. The maximum Gasteiger partial charge on any atom is 0.188 e. The van der Waals surface area contributed by atoms with Crippen LogP contribution in [-0.2, 0) is 11.2 Å². The number of ketones is 1. The Bertz CT molecular complexity index is 430. The Morgan fingerprint density at radius 1 is 1.19 bits per heavy atom. The molecule has 0 saturated carbocycles. The van der Waals surface area contributed by atoms with E-state index in [4.69, 9.17) is 11.5 Å². The highest BCUT2D eigenvalue weighted by molar-refractivity contribution is 5.87. The molecule has 0 amide bonds. The number of aliphatic hydroxyl groups is 1. The summed E-state index contributed by atoms with van der Waals surface area (Å²) in [4.78, 5) is 12.0. The third-order valence-corrected chi connectivity index (χ3v) is 3.89. The van der Waals surface area contributed by atoms with Crippen LogP contribution in [0.5, 0.6) is 0 Å². The summed E-state index contributed by atoms with van der Waals surface area (Å²) in [5, 5.41) is 10.1. The molecule has 0 aromatic heterocycles. The van der Waals surface area contributed by atoms with Crippen LogP contribution in [0.15, 0.2) is 30.3 Å². The third kappa shape index (κ3) is 5.58. The zero-order valence-corrected chi connectivity index (χ0v) is 13.1. The highest BCUT2D eigenvalue weighted by Crippen LogP contribution is 2.16. The molecule has 0 fully saturated rings. The highest BCUT2D eigenvalue weighted by Gasteiger charge is 2.38. The molecule has 2 atom stereocenters. The van der Waals surface area contributed by atoms with E-state index in [1.807, 2.05) is 32.0 Å². The summed E-state index contributed by atoms with van der Waals surface area (Å²) in [6.45, 7) is 3.69. The second kappa shape index (κ2) is 8.27. The van der Waals surface area contributed by atoms with E-state index in [-0.39, 0.29) is 18.1 Å². The van der Waals surface area contributed by atoms with Gasteiger partial charge >= 0.3 is 0 Å². The van der Waals surface area contributed by atoms with Gasteiger partial charge in [-0.25, -0.2) is 0 Å². The maximum atomic E-state index is 12.0. The van der Waals surface area contributed by atoms with E-state index in [2.05, 4.69) is 12.1 Å². The summed E-state index contributed by atoms with van der Waals surface area (Å²) < 4.78 is 0. The minimum atomic E-state index is -1.91. The third-order valence-electron chi connectivity index (χ3n) is 3.89. The van der Waals surface area contributed by atoms with Crippen molar-refractivity contribution in [3.8, 4) is 0 Å². The van der Waals surface area contributed by atoms with Crippen molar-refractivity contribution in [2.75, 3.05) is 0 Å². The molecule has 0 aliphatic carbocycles. The maximum absolute atomic E-state index is 12.0. The van der Waals surface area contributed by atoms with Crippen LogP contribution in [0.3, 0.4) is 0 Å². The van der Waals surface area contributed by atoms with Crippen LogP contribution in [0.2, 0.25) is 0 Å². The first-order valence-electron chi connectivity index (χ1n) is 7.69. The monoisotopic (exact) mass is 292 g/mol. The smallest absolute Gasteiger partial charge is 0.188 e. The Labute approximate surface area is 127 Å². The molecule has 0 spiro atoms. The van der Waals surface area contributed by atoms with Gasteiger partial charge in [0.15, 0.2) is 11.5 Å². The minimum Gasteiger partial charge on any atom is -0.368 e. The molecule has 0 aliphatic rings. The topological polar surface area (TPSA) is 89.3 Å². The molecule has 1 unspecified atom stereocenters. The van der Waals surface area contributed by atoms with Crippen LogP contribution >= 0.6 is 0 Å². The number of carbonyl (C=O) groups excluding carboxylic acids is 1. The van der Waals surface area contributed by atoms with E-state index in [1.165, 1.54) is 5.56 Å². The molecule has 0 saturated heterocycles. The first kappa shape index (κ1) is 17.8. The molecule has 0 bridgehead atoms. The van der Waals surface area contributed by atoms with Gasteiger partial charge in [-0.15, -0.1) is 0 Å². The Morgan fingerprint density at radius 2 is 1.81 bits per heavy atom. The lowest BCUT2D eigenvalue weighted by Crippen LogP contribution is -2.62. The summed E-state index contributed by atoms with van der Waals surface area (Å²) in [6.07, 6.45) is 3.98. The van der Waals surface area contributed by atoms with Crippen molar-refractivity contribution in [3.05, 3.63) is 35.9 Å². The molecular weight excluding hydrogens is 264 g/mol. The molecule has 0 aliphatic heterocycles. The molecule has 4 heteroatoms. The fraction of sp³-hybridized carbons (Fsp3) is 0.588. The van der Waals surface area contributed by atoms with Crippen molar-refractivity contribution in [3.63, 3.8) is 0 Å². The Kier molecular flexibility index (Phi) is 7.02. The number of hydrogen-bond acceptors (Lipinski definition) is 4. The zero-order chi connectivity index (χ0) is 15.9. The Hall–Kier alpha value is -1.23. The lowest BCUT2D eigenvalue weighted by atomic mass is 9.89. The molecule has 1 rings (SSSR count). The Balaban J connectivity index is 2.27. The number of rotatable bonds is 9. The lowest BCUT2D eigenvalue weighted by molar-refractivity contribution is -0.140. The second-order valence-electron chi connectivity index (χ2n) is 6.06. The zero-order valence-electron chi connectivity index (χ0n) is 13.1. The van der Waals surface area contributed by atoms with Gasteiger partial charge in [0.05, 0.1) is 6.04 Å². The summed E-state index contributed by atoms with van der Waals surface area (Å²) in [6, 6.07) is 9.54. The van der Waals surface area contributed by atoms with Crippen LogP contribution in [0, 0.1) is 5.92 Å². The van der Waals surface area contributed by atoms with E-state index in [0.29, 0.717) is 0 Å². The number of carbonyl (C=O) groups is 1. The average Bonchev–Trinajstić information content (AvgIpc) is 2.46. The van der Waals surface area contributed by atoms with Crippen LogP contribution in [-0.4, -0.2) is 22.7 Å². The molecule has 4 nitrogen and oxygen atoms in total. The van der Waals surface area contributed by atoms with Crippen LogP contribution < -0.4 is 11.5 Å². The summed E-state index contributed by atoms with van der Waals surface area (Å²) in [5.41, 5.74) is 10.9. The van der Waals surface area contributed by atoms with E-state index >= 15 is 0 Å². The van der Waals surface area contributed by atoms with Gasteiger partial charge in [0.2, 0.25) is 0 Å². The average molecular weight is 292 g/mol. The van der Waals surface area contributed by atoms with Crippen molar-refractivity contribution < 1.29 is 9.90 Å². The van der Waals surface area contributed by atoms with Gasteiger partial charge in [-0.1, -0.05) is 50.6 Å². The number of unbranched alkanes of at least 4 members (excludes halogenated alkanes) is 2. The standard InChI is InChI=1S/C17H28N2O2/c1-13(2)16(18)17(19,21)15(20)12-8-4-7-11-14-9-5-3-6-10-14/h3,5-6,9-10,13,16,21H,4,7-8,11-12,18-19H2,1-2H3/t16-,17?/m0/s1. The number of benzene rings is 1. The first-order chi connectivity index (χ1) is 9.85. The SMILES string of the molecule is CC(C)[C@H](N)C(N)(O)C(=O)CCCCCc1ccccc1. The molecule has 0 heterocycles. The molecule has 21 heavy (non-hydrogen) atoms. The fourth-order valence-corrected chi connectivity index (χ4v) is 2.33. The van der Waals surface area contributed by atoms with Crippen molar-refractivity contribution in [2.45, 2.75) is 57.7 Å². The number of nitrogens with two attached hydrogens (primary N) is 2. The Morgan fingerprint density at radius 3 is 2.38 bits per heavy atom. The molecule has 1 aromatic rings. The van der Waals surface area contributed by atoms with Gasteiger partial charge in [-0.2, -0.15) is 0 Å². The van der Waals surface area contributed by atoms with Crippen molar-refractivity contribution in [2.24, 2.45) is 17.4 Å². The van der Waals surface area contributed by atoms with Crippen LogP contribution in [0.1, 0.15) is 45.1 Å². The predicted octanol–water partition coefficient (Wildman–Crippen LogP) is 1.99. The number of aryl methyl sites for hydroxylation is 1. The van der Waals surface area contributed by atoms with Crippen molar-refractivity contribution >= 4 is 5.78 Å². The van der Waals surface area contributed by atoms with Crippen molar-refractivity contribution in [1.82, 2.24) is 0 Å². The van der Waals surface area contributed by atoms with Gasteiger partial charge in [-0.05, 0) is 30.7 Å². The summed E-state index contributed by atoms with van der Waals surface area (Å²) >= 11 is 0. The second-order valence-corrected chi connectivity index (χ2v) is 6.06. The van der Waals surface area contributed by atoms with Gasteiger partial charge in [0.25, 0.3) is 0 Å². The molecule has 5 N–H and O–H groups in total. The van der Waals surface area contributed by atoms with E-state index < -0.39 is 11.8 Å².